The zero-order chi connectivity index (χ0) is 34.0. The molecule has 13 heteroatoms. The number of ether oxygens (including phenoxy) is 1. The lowest BCUT2D eigenvalue weighted by Crippen LogP contribution is -2.38. The Balaban J connectivity index is 0.000000230. The van der Waals surface area contributed by atoms with Gasteiger partial charge in [-0.25, -0.2) is 25.4 Å². The molecule has 0 saturated heterocycles. The zero-order valence-corrected chi connectivity index (χ0v) is 28.7. The fourth-order valence-corrected chi connectivity index (χ4v) is 9.22. The SMILES string of the molecule is CC(C)N1C(=O)C(Cl)=C(c2ccccc2)S1(=O)=O.CC(C)Oc1ccc(NC2=C(c3ccccc3)S(=O)(=O)N(C(C)C)C2=O)cc1. The predicted octanol–water partition coefficient (Wildman–Crippen LogP) is 6.01. The Hall–Kier alpha value is -4.13. The van der Waals surface area contributed by atoms with Gasteiger partial charge in [0.2, 0.25) is 0 Å². The molecule has 2 aliphatic rings. The topological polar surface area (TPSA) is 130 Å². The lowest BCUT2D eigenvalue weighted by Gasteiger charge is -2.20. The standard InChI is InChI=1S/C21H24N2O4S.C12H12ClNO3S/c1-14(2)23-21(24)19(20(28(23,25)26)16-8-6-5-7-9-16)22-17-10-12-18(13-11-17)27-15(3)4;1-8(2)14-12(15)10(13)11(18(14,16)17)9-6-4-3-5-7-9/h5-15,22H,1-4H3;3-8H,1-2H3. The zero-order valence-electron chi connectivity index (χ0n) is 26.3. The second-order valence-electron chi connectivity index (χ2n) is 11.3. The first kappa shape index (κ1) is 34.7. The van der Waals surface area contributed by atoms with Crippen molar-refractivity contribution in [2.24, 2.45) is 0 Å². The first-order valence-corrected chi connectivity index (χ1v) is 17.8. The van der Waals surface area contributed by atoms with Crippen LogP contribution in [-0.2, 0) is 29.6 Å². The van der Waals surface area contributed by atoms with Gasteiger partial charge in [-0.1, -0.05) is 72.3 Å². The first-order valence-electron chi connectivity index (χ1n) is 14.5. The maximum Gasteiger partial charge on any atom is 0.285 e. The Morgan fingerprint density at radius 1 is 0.630 bits per heavy atom. The maximum atomic E-state index is 13.1. The second-order valence-corrected chi connectivity index (χ2v) is 15.2. The number of benzene rings is 3. The van der Waals surface area contributed by atoms with Crippen LogP contribution in [0, 0.1) is 0 Å². The number of halogens is 1. The summed E-state index contributed by atoms with van der Waals surface area (Å²) in [5, 5.41) is 2.77. The Bertz CT molecular complexity index is 1890. The fourth-order valence-electron chi connectivity index (χ4n) is 4.97. The summed E-state index contributed by atoms with van der Waals surface area (Å²) >= 11 is 5.90. The number of nitrogens with one attached hydrogen (secondary N) is 1. The van der Waals surface area contributed by atoms with E-state index < -0.39 is 43.9 Å². The third-order valence-corrected chi connectivity index (χ3v) is 11.4. The van der Waals surface area contributed by atoms with Crippen LogP contribution in [0.4, 0.5) is 5.69 Å². The minimum atomic E-state index is -3.95. The van der Waals surface area contributed by atoms with Gasteiger partial charge in [0.05, 0.1) is 6.10 Å². The van der Waals surface area contributed by atoms with Gasteiger partial charge in [0, 0.05) is 17.8 Å². The van der Waals surface area contributed by atoms with Crippen LogP contribution in [0.25, 0.3) is 9.81 Å². The van der Waals surface area contributed by atoms with Crippen LogP contribution in [0.3, 0.4) is 0 Å². The highest BCUT2D eigenvalue weighted by molar-refractivity contribution is 8.00. The van der Waals surface area contributed by atoms with E-state index in [4.69, 9.17) is 16.3 Å². The van der Waals surface area contributed by atoms with Gasteiger partial charge in [0.1, 0.15) is 26.3 Å². The van der Waals surface area contributed by atoms with Crippen LogP contribution >= 0.6 is 11.6 Å². The second kappa shape index (κ2) is 13.7. The van der Waals surface area contributed by atoms with E-state index in [9.17, 15) is 26.4 Å². The molecule has 10 nitrogen and oxygen atoms in total. The van der Waals surface area contributed by atoms with Gasteiger partial charge in [-0.05, 0) is 76.9 Å². The van der Waals surface area contributed by atoms with Crippen molar-refractivity contribution in [3.8, 4) is 5.75 Å². The van der Waals surface area contributed by atoms with E-state index in [-0.39, 0.29) is 26.6 Å². The van der Waals surface area contributed by atoms with Crippen molar-refractivity contribution in [2.75, 3.05) is 5.32 Å². The number of anilines is 1. The Morgan fingerprint density at radius 2 is 1.07 bits per heavy atom. The van der Waals surface area contributed by atoms with Crippen LogP contribution in [0.2, 0.25) is 0 Å². The highest BCUT2D eigenvalue weighted by Crippen LogP contribution is 2.39. The van der Waals surface area contributed by atoms with E-state index in [0.29, 0.717) is 22.6 Å². The molecule has 0 aliphatic carbocycles. The van der Waals surface area contributed by atoms with Crippen molar-refractivity contribution >= 4 is 59.0 Å². The molecule has 2 amide bonds. The number of carbonyl (C=O) groups excluding carboxylic acids is 2. The summed E-state index contributed by atoms with van der Waals surface area (Å²) in [6.45, 7) is 10.5. The molecule has 1 N–H and O–H groups in total. The van der Waals surface area contributed by atoms with E-state index in [2.05, 4.69) is 5.32 Å². The van der Waals surface area contributed by atoms with E-state index in [1.165, 1.54) is 0 Å². The number of carbonyl (C=O) groups is 2. The average Bonchev–Trinajstić information content (AvgIpc) is 3.29. The van der Waals surface area contributed by atoms with Crippen LogP contribution < -0.4 is 10.1 Å². The van der Waals surface area contributed by atoms with Crippen LogP contribution in [0.5, 0.6) is 5.75 Å². The minimum absolute atomic E-state index is 0.00527. The summed E-state index contributed by atoms with van der Waals surface area (Å²) in [7, 11) is -7.79. The molecule has 0 bridgehead atoms. The highest BCUT2D eigenvalue weighted by atomic mass is 35.5. The molecule has 0 unspecified atom stereocenters. The summed E-state index contributed by atoms with van der Waals surface area (Å²) in [6, 6.07) is 23.2. The molecule has 0 spiro atoms. The lowest BCUT2D eigenvalue weighted by atomic mass is 10.1. The maximum absolute atomic E-state index is 13.1. The molecule has 0 radical (unpaired) electrons. The van der Waals surface area contributed by atoms with Crippen molar-refractivity contribution in [1.29, 1.82) is 0 Å². The van der Waals surface area contributed by atoms with E-state index in [0.717, 1.165) is 8.61 Å². The molecule has 244 valence electrons. The van der Waals surface area contributed by atoms with Gasteiger partial charge in [-0.15, -0.1) is 0 Å². The summed E-state index contributed by atoms with van der Waals surface area (Å²) in [4.78, 5) is 24.8. The van der Waals surface area contributed by atoms with Gasteiger partial charge in [-0.3, -0.25) is 9.59 Å². The van der Waals surface area contributed by atoms with E-state index >= 15 is 0 Å². The number of nitrogens with zero attached hydrogens (tertiary/aromatic N) is 2. The summed E-state index contributed by atoms with van der Waals surface area (Å²) in [6.07, 6.45) is 0.0485. The van der Waals surface area contributed by atoms with Crippen molar-refractivity contribution in [1.82, 2.24) is 8.61 Å². The molecule has 46 heavy (non-hydrogen) atoms. The van der Waals surface area contributed by atoms with Crippen molar-refractivity contribution < 1.29 is 31.2 Å². The Morgan fingerprint density at radius 3 is 1.50 bits per heavy atom. The van der Waals surface area contributed by atoms with Crippen molar-refractivity contribution in [3.63, 3.8) is 0 Å². The van der Waals surface area contributed by atoms with Gasteiger partial charge in [0.15, 0.2) is 0 Å². The van der Waals surface area contributed by atoms with Crippen molar-refractivity contribution in [3.05, 3.63) is 107 Å². The number of amides is 2. The molecule has 3 aromatic carbocycles. The Kier molecular flexibility index (Phi) is 10.3. The lowest BCUT2D eigenvalue weighted by molar-refractivity contribution is -0.123. The largest absolute Gasteiger partial charge is 0.491 e. The van der Waals surface area contributed by atoms with E-state index in [1.807, 2.05) is 13.8 Å². The minimum Gasteiger partial charge on any atom is -0.491 e. The number of rotatable bonds is 8. The van der Waals surface area contributed by atoms with Gasteiger partial charge in [0.25, 0.3) is 31.9 Å². The van der Waals surface area contributed by atoms with Gasteiger partial charge < -0.3 is 10.1 Å². The quantitative estimate of drug-likeness (QED) is 0.305. The normalized spacial score (nSPS) is 17.3. The molecule has 2 heterocycles. The summed E-state index contributed by atoms with van der Waals surface area (Å²) in [5.74, 6) is -0.520. The number of sulfonamides is 2. The summed E-state index contributed by atoms with van der Waals surface area (Å²) < 4.78 is 58.2. The molecular formula is C33H36ClN3O7S2. The molecule has 0 saturated carbocycles. The van der Waals surface area contributed by atoms with Crippen molar-refractivity contribution in [2.45, 2.75) is 59.7 Å². The average molecular weight is 686 g/mol. The first-order chi connectivity index (χ1) is 21.6. The number of hydrogen-bond donors (Lipinski definition) is 1. The van der Waals surface area contributed by atoms with Gasteiger partial charge >= 0.3 is 0 Å². The molecule has 0 atom stereocenters. The molecule has 2 aliphatic heterocycles. The van der Waals surface area contributed by atoms with E-state index in [1.54, 1.807) is 113 Å². The third kappa shape index (κ3) is 6.84. The fraction of sp³-hybridized carbons (Fsp3) is 0.273. The smallest absolute Gasteiger partial charge is 0.285 e. The third-order valence-electron chi connectivity index (χ3n) is 6.77. The monoisotopic (exact) mass is 685 g/mol. The molecule has 0 fully saturated rings. The Labute approximate surface area is 275 Å². The number of hydrogen-bond acceptors (Lipinski definition) is 8. The predicted molar refractivity (Wildman–Crippen MR) is 180 cm³/mol. The molecule has 5 rings (SSSR count). The molecular weight excluding hydrogens is 650 g/mol. The van der Waals surface area contributed by atoms with Gasteiger partial charge in [-0.2, -0.15) is 0 Å². The highest BCUT2D eigenvalue weighted by Gasteiger charge is 2.46. The van der Waals surface area contributed by atoms with Crippen LogP contribution in [-0.4, -0.2) is 55.4 Å². The van der Waals surface area contributed by atoms with Crippen LogP contribution in [0.15, 0.2) is 95.7 Å². The molecule has 3 aromatic rings. The van der Waals surface area contributed by atoms with Crippen LogP contribution in [0.1, 0.15) is 52.7 Å². The molecule has 0 aromatic heterocycles. The summed E-state index contributed by atoms with van der Waals surface area (Å²) in [5.41, 5.74) is 1.56.